The Balaban J connectivity index is 0.000000154. The van der Waals surface area contributed by atoms with Crippen molar-refractivity contribution in [1.82, 2.24) is 79.4 Å². The molecule has 8 aromatic heterocycles. The van der Waals surface area contributed by atoms with Crippen molar-refractivity contribution >= 4 is 121 Å². The van der Waals surface area contributed by atoms with Gasteiger partial charge in [0, 0.05) is 109 Å². The summed E-state index contributed by atoms with van der Waals surface area (Å²) in [7, 11) is 6.71. The van der Waals surface area contributed by atoms with Crippen LogP contribution in [-0.2, 0) is 25.7 Å². The van der Waals surface area contributed by atoms with Crippen molar-refractivity contribution in [1.29, 1.82) is 0 Å². The van der Waals surface area contributed by atoms with Crippen molar-refractivity contribution in [3.8, 4) is 88.3 Å². The van der Waals surface area contributed by atoms with Gasteiger partial charge >= 0.3 is 0 Å². The highest BCUT2D eigenvalue weighted by atomic mass is 32.2. The van der Waals surface area contributed by atoms with E-state index in [4.69, 9.17) is 86.5 Å². The minimum atomic E-state index is 0.0506. The van der Waals surface area contributed by atoms with Crippen LogP contribution in [0.4, 0.5) is 29.1 Å². The predicted octanol–water partition coefficient (Wildman–Crippen LogP) is 21.2. The van der Waals surface area contributed by atoms with Gasteiger partial charge < -0.3 is 66.6 Å². The number of hydrogen-bond donors (Lipinski definition) is 5. The molecular formula is C100H133N21O8S8. The second-order valence-corrected chi connectivity index (χ2v) is 43.4. The first-order valence-electron chi connectivity index (χ1n) is 47.4. The van der Waals surface area contributed by atoms with Crippen LogP contribution >= 0.6 is 92.4 Å². The SMILES string of the molecule is CCc1sc(-c2ccc(OC)c(OCCN3CCC3)c2)nc1C(C)Sc1nc(C)cc(N)n1.CCc1sc(-c2ccc(OC)c(OCCN3CCCC3)c2)nc1C(C)Sc1nc(C)cc(N)n1.CCc1sc(-c2ccc(OC)c(OCCN3CCCCC3)c2)nc1C(C)Sc1nc(C)cc(N)n1.CCc1sc(-c2ccc(OC)c(OCCN3CCCCC3)c2)nc1C(C)Sc1nc(N)cc(N)n1. The van der Waals surface area contributed by atoms with Crippen molar-refractivity contribution in [3.05, 3.63) is 156 Å². The summed E-state index contributed by atoms with van der Waals surface area (Å²) in [6, 6.07) is 31.1. The average Bonchev–Trinajstić information content (AvgIpc) is 1.66. The molecule has 137 heavy (non-hydrogen) atoms. The fourth-order valence-corrected chi connectivity index (χ4v) is 24.8. The van der Waals surface area contributed by atoms with E-state index in [-0.39, 0.29) is 21.0 Å². The van der Waals surface area contributed by atoms with E-state index >= 15 is 0 Å². The van der Waals surface area contributed by atoms with Gasteiger partial charge in [-0.3, -0.25) is 19.6 Å². The standard InChI is InChI=1S/C26H35N5O2S2.C25H34N6O2S2.C25H33N5O2S2.C24H31N5O2S2/c1-5-22-24(18(3)34-26-28-17(2)15-23(27)29-26)30-25(35-22)19-9-10-20(32-4)21(16-19)33-14-13-31-11-7-6-8-12-31;1-4-20-23(16(2)34-25-28-21(26)15-22(27)29-25)30-24(35-20)17-8-9-18(32-3)19(14-17)33-13-12-31-10-6-5-7-11-31;1-5-21-23(17(3)33-25-27-16(2)14-22(26)28-25)29-24(34-21)18-8-9-19(31-4)20(15-18)32-13-12-30-10-6-7-11-30;1-5-20-22(16(3)32-24-26-15(2)13-21(25)27-24)28-23(33-20)17-7-8-18(30-4)19(14-17)31-12-11-29-9-6-10-29/h9-10,15-16,18H,5-8,11-14H2,1-4H3,(H2,27,28,29);8-9,14-16H,4-7,10-13H2,1-3H3,(H4,26,27,28,29);8-9,14-15,17H,5-7,10-13H2,1-4H3,(H2,26,27,28);7-8,13-14,16H,5-6,9-12H2,1-4H3,(H2,25,26,27). The first-order chi connectivity index (χ1) is 66.3. The zero-order valence-corrected chi connectivity index (χ0v) is 88.2. The molecule has 16 rings (SSSR count). The van der Waals surface area contributed by atoms with Gasteiger partial charge in [-0.05, 0) is 244 Å². The molecule has 0 spiro atoms. The largest absolute Gasteiger partial charge is 0.493 e. The average molecular weight is 2010 g/mol. The quantitative estimate of drug-likeness (QED) is 0.0176. The Morgan fingerprint density at radius 2 is 0.504 bits per heavy atom. The number of anilines is 5. The second-order valence-electron chi connectivity index (χ2n) is 33.8. The van der Waals surface area contributed by atoms with E-state index in [1.54, 1.807) is 133 Å². The Morgan fingerprint density at radius 1 is 0.285 bits per heavy atom. The maximum Gasteiger partial charge on any atom is 0.192 e. The van der Waals surface area contributed by atoms with Crippen LogP contribution in [0.15, 0.2) is 118 Å². The Labute approximate surface area is 840 Å². The molecule has 4 aromatic carbocycles. The highest BCUT2D eigenvalue weighted by molar-refractivity contribution is 8.00. The minimum absolute atomic E-state index is 0.0506. The lowest BCUT2D eigenvalue weighted by Gasteiger charge is -2.30. The number of thiazole rings is 4. The van der Waals surface area contributed by atoms with Gasteiger partial charge in [-0.15, -0.1) is 45.3 Å². The van der Waals surface area contributed by atoms with Crippen LogP contribution in [0.1, 0.15) is 194 Å². The number of ether oxygens (including phenoxy) is 8. The third-order valence-electron chi connectivity index (χ3n) is 23.5. The summed E-state index contributed by atoms with van der Waals surface area (Å²) in [5, 5.41) is 6.87. The summed E-state index contributed by atoms with van der Waals surface area (Å²) in [6.45, 7) is 38.6. The Bertz CT molecular complexity index is 5630. The van der Waals surface area contributed by atoms with E-state index in [2.05, 4.69) is 133 Å². The minimum Gasteiger partial charge on any atom is -0.493 e. The summed E-state index contributed by atoms with van der Waals surface area (Å²) >= 11 is 13.2. The summed E-state index contributed by atoms with van der Waals surface area (Å²) in [6.07, 6.45) is 15.3. The predicted molar refractivity (Wildman–Crippen MR) is 565 cm³/mol. The zero-order valence-electron chi connectivity index (χ0n) is 81.6. The van der Waals surface area contributed by atoms with Gasteiger partial charge in [0.1, 0.15) is 75.5 Å². The first-order valence-corrected chi connectivity index (χ1v) is 54.2. The van der Waals surface area contributed by atoms with Gasteiger partial charge in [0.2, 0.25) is 0 Å². The number of likely N-dealkylation sites (tertiary alicyclic amines) is 4. The number of hydrogen-bond acceptors (Lipinski definition) is 37. The molecule has 4 unspecified atom stereocenters. The fraction of sp³-hybridized carbons (Fsp3) is 0.480. The number of methoxy groups -OCH3 is 4. The monoisotopic (exact) mass is 2010 g/mol. The van der Waals surface area contributed by atoms with Crippen LogP contribution in [-0.4, -0.2) is 213 Å². The maximum absolute atomic E-state index is 6.18. The molecule has 12 aromatic rings. The molecule has 4 atom stereocenters. The van der Waals surface area contributed by atoms with Crippen LogP contribution in [0.3, 0.4) is 0 Å². The van der Waals surface area contributed by atoms with Crippen LogP contribution in [0, 0.1) is 20.8 Å². The highest BCUT2D eigenvalue weighted by Crippen LogP contribution is 2.47. The zero-order chi connectivity index (χ0) is 97.0. The molecule has 4 fully saturated rings. The number of aromatic nitrogens is 12. The molecule has 10 N–H and O–H groups in total. The van der Waals surface area contributed by atoms with Crippen molar-refractivity contribution < 1.29 is 37.9 Å². The third kappa shape index (κ3) is 30.0. The molecule has 4 saturated heterocycles. The molecule has 0 bridgehead atoms. The van der Waals surface area contributed by atoms with E-state index in [0.717, 1.165) is 193 Å². The smallest absolute Gasteiger partial charge is 0.192 e. The van der Waals surface area contributed by atoms with E-state index in [1.165, 1.54) is 128 Å². The summed E-state index contributed by atoms with van der Waals surface area (Å²) in [5.74, 6) is 8.23. The maximum atomic E-state index is 6.18. The molecule has 0 amide bonds. The number of nitrogen functional groups attached to an aromatic ring is 5. The van der Waals surface area contributed by atoms with E-state index in [9.17, 15) is 0 Å². The number of aryl methyl sites for hydroxylation is 7. The van der Waals surface area contributed by atoms with Gasteiger partial charge in [0.25, 0.3) is 0 Å². The molecular weight excluding hydrogens is 1880 g/mol. The summed E-state index contributed by atoms with van der Waals surface area (Å²) in [5.41, 5.74) is 40.4. The van der Waals surface area contributed by atoms with Gasteiger partial charge in [-0.2, -0.15) is 0 Å². The normalized spacial score (nSPS) is 15.0. The van der Waals surface area contributed by atoms with Crippen molar-refractivity contribution in [2.45, 2.75) is 201 Å². The lowest BCUT2D eigenvalue weighted by molar-refractivity contribution is 0.145. The van der Waals surface area contributed by atoms with Crippen molar-refractivity contribution in [2.24, 2.45) is 0 Å². The van der Waals surface area contributed by atoms with E-state index in [0.29, 0.717) is 76.1 Å². The number of nitrogens with two attached hydrogens (primary N) is 5. The molecule has 37 heteroatoms. The van der Waals surface area contributed by atoms with E-state index in [1.807, 2.05) is 75.4 Å². The molecule has 0 saturated carbocycles. The first kappa shape index (κ1) is 105. The number of rotatable bonds is 40. The van der Waals surface area contributed by atoms with Gasteiger partial charge in [0.05, 0.1) is 72.2 Å². The van der Waals surface area contributed by atoms with Crippen LogP contribution < -0.4 is 66.6 Å². The lowest BCUT2D eigenvalue weighted by atomic mass is 10.1. The highest BCUT2D eigenvalue weighted by Gasteiger charge is 2.28. The molecule has 12 heterocycles. The van der Waals surface area contributed by atoms with Crippen LogP contribution in [0.2, 0.25) is 0 Å². The van der Waals surface area contributed by atoms with Crippen LogP contribution in [0.25, 0.3) is 42.3 Å². The molecule has 4 aliphatic rings. The molecule has 734 valence electrons. The molecule has 4 aliphatic heterocycles. The lowest BCUT2D eigenvalue weighted by Crippen LogP contribution is -2.39. The van der Waals surface area contributed by atoms with Crippen LogP contribution in [0.5, 0.6) is 46.0 Å². The van der Waals surface area contributed by atoms with E-state index < -0.39 is 0 Å². The van der Waals surface area contributed by atoms with Crippen molar-refractivity contribution in [2.75, 3.05) is 162 Å². The Hall–Kier alpha value is -9.64. The number of piperidine rings is 2. The Kier molecular flexibility index (Phi) is 39.8. The molecule has 0 aliphatic carbocycles. The summed E-state index contributed by atoms with van der Waals surface area (Å²) < 4.78 is 46.8. The number of thioether (sulfide) groups is 4. The fourth-order valence-electron chi connectivity index (χ4n) is 16.3. The van der Waals surface area contributed by atoms with Gasteiger partial charge in [-0.25, -0.2) is 59.8 Å². The Morgan fingerprint density at radius 3 is 0.715 bits per heavy atom. The summed E-state index contributed by atoms with van der Waals surface area (Å²) in [4.78, 5) is 70.3. The molecule has 0 radical (unpaired) electrons. The number of benzene rings is 4. The van der Waals surface area contributed by atoms with Gasteiger partial charge in [-0.1, -0.05) is 87.6 Å². The molecule has 29 nitrogen and oxygen atoms in total. The topological polar surface area (TPSA) is 372 Å². The number of nitrogens with zero attached hydrogens (tertiary/aromatic N) is 16. The van der Waals surface area contributed by atoms with Crippen molar-refractivity contribution in [3.63, 3.8) is 0 Å². The van der Waals surface area contributed by atoms with Gasteiger partial charge in [0.15, 0.2) is 66.6 Å². The second kappa shape index (κ2) is 52.0. The third-order valence-corrected chi connectivity index (χ3v) is 32.5.